The molecule has 3 rings (SSSR count). The van der Waals surface area contributed by atoms with Gasteiger partial charge in [0.05, 0.1) is 12.2 Å². The standard InChI is InChI=1S/C17H23N5O/c1-13-16(17(23)18-15-8-10-21(2)11-9-15)19-20-22(13)12-14-6-4-3-5-7-14/h3-7,15H,8-12H2,1-2H3,(H,18,23). The predicted octanol–water partition coefficient (Wildman–Crippen LogP) is 1.46. The van der Waals surface area contributed by atoms with Gasteiger partial charge >= 0.3 is 0 Å². The molecule has 0 saturated carbocycles. The molecule has 6 nitrogen and oxygen atoms in total. The molecule has 0 atom stereocenters. The van der Waals surface area contributed by atoms with E-state index in [1.165, 1.54) is 0 Å². The normalized spacial score (nSPS) is 16.4. The van der Waals surface area contributed by atoms with Crippen molar-refractivity contribution in [2.75, 3.05) is 20.1 Å². The smallest absolute Gasteiger partial charge is 0.273 e. The SMILES string of the molecule is Cc1c(C(=O)NC2CCN(C)CC2)nnn1Cc1ccccc1. The summed E-state index contributed by atoms with van der Waals surface area (Å²) in [5.41, 5.74) is 2.38. The first kappa shape index (κ1) is 15.7. The van der Waals surface area contributed by atoms with Crippen LogP contribution < -0.4 is 5.32 Å². The number of hydrogen-bond donors (Lipinski definition) is 1. The number of piperidine rings is 1. The van der Waals surface area contributed by atoms with Crippen LogP contribution in [0.3, 0.4) is 0 Å². The summed E-state index contributed by atoms with van der Waals surface area (Å²) in [5.74, 6) is -0.114. The summed E-state index contributed by atoms with van der Waals surface area (Å²) in [7, 11) is 2.11. The summed E-state index contributed by atoms with van der Waals surface area (Å²) in [6, 6.07) is 10.3. The highest BCUT2D eigenvalue weighted by molar-refractivity contribution is 5.93. The molecule has 1 aliphatic rings. The fourth-order valence-electron chi connectivity index (χ4n) is 2.88. The molecule has 1 fully saturated rings. The van der Waals surface area contributed by atoms with Crippen molar-refractivity contribution in [1.29, 1.82) is 0 Å². The van der Waals surface area contributed by atoms with Gasteiger partial charge in [-0.15, -0.1) is 5.10 Å². The maximum atomic E-state index is 12.4. The van der Waals surface area contributed by atoms with Crippen LogP contribution in [0.2, 0.25) is 0 Å². The Hall–Kier alpha value is -2.21. The van der Waals surface area contributed by atoms with Gasteiger partial charge in [-0.25, -0.2) is 4.68 Å². The minimum atomic E-state index is -0.114. The van der Waals surface area contributed by atoms with Crippen molar-refractivity contribution in [3.05, 3.63) is 47.3 Å². The number of carbonyl (C=O) groups is 1. The molecule has 1 aromatic heterocycles. The van der Waals surface area contributed by atoms with Crippen molar-refractivity contribution in [3.8, 4) is 0 Å². The molecule has 2 aromatic rings. The van der Waals surface area contributed by atoms with Gasteiger partial charge in [-0.2, -0.15) is 0 Å². The van der Waals surface area contributed by atoms with Crippen molar-refractivity contribution >= 4 is 5.91 Å². The van der Waals surface area contributed by atoms with E-state index in [-0.39, 0.29) is 11.9 Å². The molecule has 1 aromatic carbocycles. The van der Waals surface area contributed by atoms with Gasteiger partial charge in [0.1, 0.15) is 0 Å². The first-order valence-corrected chi connectivity index (χ1v) is 8.07. The largest absolute Gasteiger partial charge is 0.348 e. The topological polar surface area (TPSA) is 63.1 Å². The Morgan fingerprint density at radius 3 is 2.65 bits per heavy atom. The van der Waals surface area contributed by atoms with Gasteiger partial charge in [0, 0.05) is 6.04 Å². The average molecular weight is 313 g/mol. The Morgan fingerprint density at radius 1 is 1.26 bits per heavy atom. The van der Waals surface area contributed by atoms with Crippen LogP contribution in [-0.4, -0.2) is 52.0 Å². The Kier molecular flexibility index (Phi) is 4.71. The zero-order chi connectivity index (χ0) is 16.2. The molecule has 6 heteroatoms. The molecule has 1 N–H and O–H groups in total. The second-order valence-corrected chi connectivity index (χ2v) is 6.22. The van der Waals surface area contributed by atoms with E-state index < -0.39 is 0 Å². The minimum Gasteiger partial charge on any atom is -0.348 e. The summed E-state index contributed by atoms with van der Waals surface area (Å²) >= 11 is 0. The van der Waals surface area contributed by atoms with E-state index in [9.17, 15) is 4.79 Å². The van der Waals surface area contributed by atoms with Gasteiger partial charge in [-0.1, -0.05) is 35.5 Å². The number of benzene rings is 1. The zero-order valence-corrected chi connectivity index (χ0v) is 13.7. The van der Waals surface area contributed by atoms with Gasteiger partial charge in [0.15, 0.2) is 5.69 Å². The molecule has 2 heterocycles. The average Bonchev–Trinajstić information content (AvgIpc) is 2.92. The van der Waals surface area contributed by atoms with Crippen molar-refractivity contribution in [3.63, 3.8) is 0 Å². The third-order valence-corrected chi connectivity index (χ3v) is 4.43. The molecule has 122 valence electrons. The van der Waals surface area contributed by atoms with Crippen molar-refractivity contribution in [1.82, 2.24) is 25.2 Å². The highest BCUT2D eigenvalue weighted by Crippen LogP contribution is 2.11. The Bertz CT molecular complexity index is 659. The molecule has 0 radical (unpaired) electrons. The van der Waals surface area contributed by atoms with Crippen molar-refractivity contribution < 1.29 is 4.79 Å². The Balaban J connectivity index is 1.65. The quantitative estimate of drug-likeness (QED) is 0.928. The lowest BCUT2D eigenvalue weighted by molar-refractivity contribution is 0.0911. The third kappa shape index (κ3) is 3.76. The maximum Gasteiger partial charge on any atom is 0.273 e. The highest BCUT2D eigenvalue weighted by atomic mass is 16.2. The second-order valence-electron chi connectivity index (χ2n) is 6.22. The van der Waals surface area contributed by atoms with Crippen LogP contribution in [0.25, 0.3) is 0 Å². The lowest BCUT2D eigenvalue weighted by Gasteiger charge is -2.29. The number of carbonyl (C=O) groups excluding carboxylic acids is 1. The van der Waals surface area contributed by atoms with E-state index in [0.29, 0.717) is 12.2 Å². The fraction of sp³-hybridized carbons (Fsp3) is 0.471. The maximum absolute atomic E-state index is 12.4. The van der Waals surface area contributed by atoms with Crippen LogP contribution in [0, 0.1) is 6.92 Å². The molecule has 0 spiro atoms. The second kappa shape index (κ2) is 6.91. The van der Waals surface area contributed by atoms with Crippen molar-refractivity contribution in [2.45, 2.75) is 32.4 Å². The van der Waals surface area contributed by atoms with Gasteiger partial charge in [-0.05, 0) is 45.5 Å². The van der Waals surface area contributed by atoms with Crippen LogP contribution in [0.5, 0.6) is 0 Å². The van der Waals surface area contributed by atoms with Crippen molar-refractivity contribution in [2.24, 2.45) is 0 Å². The van der Waals surface area contributed by atoms with E-state index in [0.717, 1.165) is 37.2 Å². The summed E-state index contributed by atoms with van der Waals surface area (Å²) < 4.78 is 1.78. The minimum absolute atomic E-state index is 0.114. The Morgan fingerprint density at radius 2 is 1.96 bits per heavy atom. The highest BCUT2D eigenvalue weighted by Gasteiger charge is 2.22. The third-order valence-electron chi connectivity index (χ3n) is 4.43. The van der Waals surface area contributed by atoms with E-state index in [2.05, 4.69) is 27.6 Å². The number of nitrogens with one attached hydrogen (secondary N) is 1. The molecular weight excluding hydrogens is 290 g/mol. The fourth-order valence-corrected chi connectivity index (χ4v) is 2.88. The monoisotopic (exact) mass is 313 g/mol. The van der Waals surface area contributed by atoms with Crippen LogP contribution in [-0.2, 0) is 6.54 Å². The molecule has 0 unspecified atom stereocenters. The van der Waals surface area contributed by atoms with Crippen LogP contribution in [0.15, 0.2) is 30.3 Å². The van der Waals surface area contributed by atoms with Crippen LogP contribution in [0.4, 0.5) is 0 Å². The van der Waals surface area contributed by atoms with E-state index in [4.69, 9.17) is 0 Å². The van der Waals surface area contributed by atoms with Gasteiger partial charge in [0.25, 0.3) is 5.91 Å². The number of nitrogens with zero attached hydrogens (tertiary/aromatic N) is 4. The zero-order valence-electron chi connectivity index (χ0n) is 13.7. The molecule has 23 heavy (non-hydrogen) atoms. The number of rotatable bonds is 4. The Labute approximate surface area is 136 Å². The number of hydrogen-bond acceptors (Lipinski definition) is 4. The number of aromatic nitrogens is 3. The van der Waals surface area contributed by atoms with Crippen LogP contribution >= 0.6 is 0 Å². The molecular formula is C17H23N5O. The van der Waals surface area contributed by atoms with E-state index >= 15 is 0 Å². The summed E-state index contributed by atoms with van der Waals surface area (Å²) in [6.45, 7) is 4.56. The summed E-state index contributed by atoms with van der Waals surface area (Å²) in [4.78, 5) is 14.7. The van der Waals surface area contributed by atoms with Gasteiger partial charge in [0.2, 0.25) is 0 Å². The first-order chi connectivity index (χ1) is 11.1. The van der Waals surface area contributed by atoms with Gasteiger partial charge < -0.3 is 10.2 Å². The molecule has 0 aliphatic carbocycles. The number of likely N-dealkylation sites (tertiary alicyclic amines) is 1. The molecule has 1 amide bonds. The lowest BCUT2D eigenvalue weighted by Crippen LogP contribution is -2.43. The first-order valence-electron chi connectivity index (χ1n) is 8.07. The lowest BCUT2D eigenvalue weighted by atomic mass is 10.1. The number of amides is 1. The van der Waals surface area contributed by atoms with Crippen LogP contribution in [0.1, 0.15) is 34.6 Å². The van der Waals surface area contributed by atoms with Gasteiger partial charge in [-0.3, -0.25) is 4.79 Å². The summed E-state index contributed by atoms with van der Waals surface area (Å²) in [5, 5.41) is 11.3. The summed E-state index contributed by atoms with van der Waals surface area (Å²) in [6.07, 6.45) is 1.97. The van der Waals surface area contributed by atoms with E-state index in [1.54, 1.807) is 4.68 Å². The molecule has 1 saturated heterocycles. The van der Waals surface area contributed by atoms with E-state index in [1.807, 2.05) is 37.3 Å². The molecule has 1 aliphatic heterocycles. The molecule has 0 bridgehead atoms. The predicted molar refractivity (Wildman–Crippen MR) is 88.3 cm³/mol.